The lowest BCUT2D eigenvalue weighted by Crippen LogP contribution is -2.18. The molecule has 0 bridgehead atoms. The number of rotatable bonds is 5. The molecule has 1 heterocycles. The van der Waals surface area contributed by atoms with Crippen molar-refractivity contribution < 1.29 is 19.2 Å². The minimum absolute atomic E-state index is 0.426. The van der Waals surface area contributed by atoms with E-state index in [1.54, 1.807) is 48.5 Å². The molecule has 0 aliphatic rings. The summed E-state index contributed by atoms with van der Waals surface area (Å²) in [5.74, 6) is -0.109. The number of hydrogen-bond acceptors (Lipinski definition) is 4. The lowest BCUT2D eigenvalue weighted by atomic mass is 10.1. The van der Waals surface area contributed by atoms with Crippen molar-refractivity contribution in [3.8, 4) is 17.1 Å². The quantitative estimate of drug-likeness (QED) is 0.779. The van der Waals surface area contributed by atoms with Crippen molar-refractivity contribution in [2.24, 2.45) is 0 Å². The molecule has 110 valence electrons. The first-order valence-corrected chi connectivity index (χ1v) is 6.70. The maximum absolute atomic E-state index is 11.5. The highest BCUT2D eigenvalue weighted by atomic mass is 16.5. The van der Waals surface area contributed by atoms with Crippen LogP contribution in [0.25, 0.3) is 11.3 Å². The summed E-state index contributed by atoms with van der Waals surface area (Å²) >= 11 is 0. The Balaban J connectivity index is 1.96. The third-order valence-corrected chi connectivity index (χ3v) is 3.16. The molecule has 0 saturated heterocycles. The molecule has 5 heteroatoms. The molecule has 2 aromatic carbocycles. The van der Waals surface area contributed by atoms with Gasteiger partial charge in [0.05, 0.1) is 11.8 Å². The van der Waals surface area contributed by atoms with Gasteiger partial charge in [-0.2, -0.15) is 0 Å². The lowest BCUT2D eigenvalue weighted by molar-refractivity contribution is -0.145. The number of hydrogen-bond donors (Lipinski definition) is 1. The molecule has 0 aliphatic heterocycles. The number of carboxylic acids is 1. The first kappa shape index (κ1) is 13.9. The maximum atomic E-state index is 11.5. The van der Waals surface area contributed by atoms with Gasteiger partial charge in [-0.15, -0.1) is 0 Å². The molecule has 0 fully saturated rings. The van der Waals surface area contributed by atoms with Gasteiger partial charge in [0.1, 0.15) is 5.75 Å². The van der Waals surface area contributed by atoms with Crippen LogP contribution in [0.4, 0.5) is 0 Å². The fraction of sp³-hybridized carbons (Fsp3) is 0.0588. The highest BCUT2D eigenvalue weighted by Crippen LogP contribution is 2.32. The second-order valence-electron chi connectivity index (χ2n) is 4.62. The molecule has 0 amide bonds. The Morgan fingerprint density at radius 2 is 1.77 bits per heavy atom. The van der Waals surface area contributed by atoms with Crippen molar-refractivity contribution in [1.29, 1.82) is 0 Å². The first-order valence-electron chi connectivity index (χ1n) is 6.70. The number of ether oxygens (including phenoxy) is 1. The van der Waals surface area contributed by atoms with Gasteiger partial charge in [0.25, 0.3) is 0 Å². The fourth-order valence-corrected chi connectivity index (χ4v) is 2.14. The van der Waals surface area contributed by atoms with Crippen molar-refractivity contribution >= 4 is 5.97 Å². The Morgan fingerprint density at radius 3 is 2.45 bits per heavy atom. The number of aromatic nitrogens is 1. The van der Waals surface area contributed by atoms with Crippen LogP contribution in [-0.4, -0.2) is 16.2 Å². The summed E-state index contributed by atoms with van der Waals surface area (Å²) in [6, 6.07) is 17.6. The van der Waals surface area contributed by atoms with Crippen LogP contribution >= 0.6 is 0 Å². The van der Waals surface area contributed by atoms with Crippen LogP contribution in [-0.2, 0) is 4.79 Å². The second-order valence-corrected chi connectivity index (χ2v) is 4.62. The van der Waals surface area contributed by atoms with Crippen LogP contribution in [0.15, 0.2) is 71.4 Å². The third kappa shape index (κ3) is 2.83. The predicted molar refractivity (Wildman–Crippen MR) is 79.4 cm³/mol. The van der Waals surface area contributed by atoms with Gasteiger partial charge < -0.3 is 14.4 Å². The van der Waals surface area contributed by atoms with Gasteiger partial charge in [-0.25, -0.2) is 4.79 Å². The Hall–Kier alpha value is -3.08. The van der Waals surface area contributed by atoms with Crippen LogP contribution in [0.2, 0.25) is 0 Å². The van der Waals surface area contributed by atoms with Crippen LogP contribution < -0.4 is 4.74 Å². The van der Waals surface area contributed by atoms with E-state index in [1.165, 1.54) is 6.20 Å². The third-order valence-electron chi connectivity index (χ3n) is 3.16. The smallest absolute Gasteiger partial charge is 0.349 e. The number of benzene rings is 2. The summed E-state index contributed by atoms with van der Waals surface area (Å²) in [6.07, 6.45) is 0.433. The molecule has 0 spiro atoms. The van der Waals surface area contributed by atoms with Crippen molar-refractivity contribution in [2.45, 2.75) is 6.10 Å². The zero-order valence-electron chi connectivity index (χ0n) is 11.5. The molecule has 3 aromatic rings. The Bertz CT molecular complexity index is 753. The van der Waals surface area contributed by atoms with E-state index in [4.69, 9.17) is 9.26 Å². The molecule has 5 nitrogen and oxygen atoms in total. The van der Waals surface area contributed by atoms with Crippen LogP contribution in [0, 0.1) is 0 Å². The number of para-hydroxylation sites is 1. The highest BCUT2D eigenvalue weighted by molar-refractivity contribution is 5.75. The zero-order valence-corrected chi connectivity index (χ0v) is 11.5. The standard InChI is InChI=1S/C17H13NO4/c19-17(20)16(12-6-2-1-3-7-12)21-14-9-5-4-8-13(14)15-10-11-18-22-15/h1-11,16H,(H,19,20). The van der Waals surface area contributed by atoms with E-state index < -0.39 is 12.1 Å². The van der Waals surface area contributed by atoms with Gasteiger partial charge in [0.15, 0.2) is 5.76 Å². The van der Waals surface area contributed by atoms with Crippen molar-refractivity contribution in [2.75, 3.05) is 0 Å². The van der Waals surface area contributed by atoms with Crippen LogP contribution in [0.1, 0.15) is 11.7 Å². The van der Waals surface area contributed by atoms with Crippen LogP contribution in [0.5, 0.6) is 5.75 Å². The van der Waals surface area contributed by atoms with Crippen molar-refractivity contribution in [3.63, 3.8) is 0 Å². The summed E-state index contributed by atoms with van der Waals surface area (Å²) < 4.78 is 10.9. The molecule has 22 heavy (non-hydrogen) atoms. The maximum Gasteiger partial charge on any atom is 0.349 e. The van der Waals surface area contributed by atoms with Gasteiger partial charge in [-0.3, -0.25) is 0 Å². The summed E-state index contributed by atoms with van der Waals surface area (Å²) in [4.78, 5) is 11.5. The molecule has 1 atom stereocenters. The molecule has 1 N–H and O–H groups in total. The number of carbonyl (C=O) groups is 1. The van der Waals surface area contributed by atoms with Gasteiger partial charge >= 0.3 is 5.97 Å². The van der Waals surface area contributed by atoms with Gasteiger partial charge in [0.2, 0.25) is 6.10 Å². The number of aliphatic carboxylic acids is 1. The van der Waals surface area contributed by atoms with Gasteiger partial charge in [-0.1, -0.05) is 47.6 Å². The Kier molecular flexibility index (Phi) is 3.87. The van der Waals surface area contributed by atoms with Gasteiger partial charge in [0, 0.05) is 11.6 Å². The molecule has 0 aliphatic carbocycles. The average Bonchev–Trinajstić information content (AvgIpc) is 3.08. The summed E-state index contributed by atoms with van der Waals surface area (Å²) in [7, 11) is 0. The average molecular weight is 295 g/mol. The largest absolute Gasteiger partial charge is 0.478 e. The minimum Gasteiger partial charge on any atom is -0.478 e. The van der Waals surface area contributed by atoms with E-state index in [9.17, 15) is 9.90 Å². The summed E-state index contributed by atoms with van der Waals surface area (Å²) in [6.45, 7) is 0. The lowest BCUT2D eigenvalue weighted by Gasteiger charge is -2.17. The molecular weight excluding hydrogens is 282 g/mol. The molecule has 1 unspecified atom stereocenters. The molecular formula is C17H13NO4. The molecule has 0 radical (unpaired) electrons. The van der Waals surface area contributed by atoms with Crippen LogP contribution in [0.3, 0.4) is 0 Å². The van der Waals surface area contributed by atoms with E-state index in [-0.39, 0.29) is 0 Å². The van der Waals surface area contributed by atoms with Gasteiger partial charge in [-0.05, 0) is 12.1 Å². The topological polar surface area (TPSA) is 72.6 Å². The van der Waals surface area contributed by atoms with E-state index in [1.807, 2.05) is 12.1 Å². The number of carboxylic acid groups (broad SMARTS) is 1. The molecule has 1 aromatic heterocycles. The highest BCUT2D eigenvalue weighted by Gasteiger charge is 2.23. The Morgan fingerprint density at radius 1 is 1.05 bits per heavy atom. The van der Waals surface area contributed by atoms with Crippen molar-refractivity contribution in [3.05, 3.63) is 72.4 Å². The molecule has 3 rings (SSSR count). The predicted octanol–water partition coefficient (Wildman–Crippen LogP) is 3.55. The molecule has 0 saturated carbocycles. The Labute approximate surface area is 126 Å². The van der Waals surface area contributed by atoms with E-state index in [2.05, 4.69) is 5.16 Å². The fourth-order valence-electron chi connectivity index (χ4n) is 2.14. The minimum atomic E-state index is -1.09. The van der Waals surface area contributed by atoms with E-state index >= 15 is 0 Å². The normalized spacial score (nSPS) is 11.8. The van der Waals surface area contributed by atoms with E-state index in [0.29, 0.717) is 22.6 Å². The number of nitrogens with zero attached hydrogens (tertiary/aromatic N) is 1. The summed E-state index contributed by atoms with van der Waals surface area (Å²) in [5.41, 5.74) is 1.23. The monoisotopic (exact) mass is 295 g/mol. The first-order chi connectivity index (χ1) is 10.8. The zero-order chi connectivity index (χ0) is 15.4. The van der Waals surface area contributed by atoms with Crippen molar-refractivity contribution in [1.82, 2.24) is 5.16 Å². The second kappa shape index (κ2) is 6.13. The van der Waals surface area contributed by atoms with E-state index in [0.717, 1.165) is 0 Å². The summed E-state index contributed by atoms with van der Waals surface area (Å²) in [5, 5.41) is 13.1. The SMILES string of the molecule is O=C(O)C(Oc1ccccc1-c1ccno1)c1ccccc1.